The van der Waals surface area contributed by atoms with E-state index in [0.717, 1.165) is 11.3 Å². The van der Waals surface area contributed by atoms with Crippen LogP contribution in [0.2, 0.25) is 0 Å². The minimum atomic E-state index is -1.73. The van der Waals surface area contributed by atoms with Crippen LogP contribution >= 0.6 is 27.3 Å². The van der Waals surface area contributed by atoms with Crippen molar-refractivity contribution in [3.05, 3.63) is 78.9 Å². The minimum absolute atomic E-state index is 0.0433. The number of carbonyl (C=O) groups is 1. The molecule has 1 heterocycles. The zero-order chi connectivity index (χ0) is 22.5. The summed E-state index contributed by atoms with van der Waals surface area (Å²) in [5, 5.41) is 13.0. The molecule has 2 aromatic carbocycles. The van der Waals surface area contributed by atoms with Crippen LogP contribution in [0.5, 0.6) is 5.75 Å². The largest absolute Gasteiger partial charge is 0.588 e. The Bertz CT molecular complexity index is 1090. The van der Waals surface area contributed by atoms with Crippen molar-refractivity contribution in [1.82, 2.24) is 0 Å². The van der Waals surface area contributed by atoms with Crippen LogP contribution in [0.25, 0.3) is 0 Å². The molecule has 162 valence electrons. The van der Waals surface area contributed by atoms with Gasteiger partial charge in [0.05, 0.1) is 25.7 Å². The lowest BCUT2D eigenvalue weighted by Gasteiger charge is -2.26. The Morgan fingerprint density at radius 1 is 1.19 bits per heavy atom. The van der Waals surface area contributed by atoms with E-state index in [4.69, 9.17) is 9.47 Å². The van der Waals surface area contributed by atoms with Gasteiger partial charge in [-0.05, 0) is 57.2 Å². The number of thiophene rings is 1. The lowest BCUT2D eigenvalue weighted by molar-refractivity contribution is -0.385. The van der Waals surface area contributed by atoms with Crippen LogP contribution in [0.3, 0.4) is 0 Å². The van der Waals surface area contributed by atoms with Gasteiger partial charge < -0.3 is 14.0 Å². The number of hydrogen-bond acceptors (Lipinski definition) is 8. The molecular formula is C20H17BrN2O6S2. The van der Waals surface area contributed by atoms with Gasteiger partial charge in [0, 0.05) is 6.07 Å². The standard InChI is InChI=1S/C20H17BrN2O6S2/c1-28-14-6-8-15(9-7-14)31(27)22(17-10-11-30-19(17)20(24)29-2)12-13-4-3-5-16(18(13)21)23(25)26/h3-11H,12H2,1-2H3. The first-order valence-electron chi connectivity index (χ1n) is 8.78. The van der Waals surface area contributed by atoms with Gasteiger partial charge in [0.25, 0.3) is 5.69 Å². The highest BCUT2D eigenvalue weighted by atomic mass is 79.9. The van der Waals surface area contributed by atoms with Gasteiger partial charge in [0.2, 0.25) is 0 Å². The van der Waals surface area contributed by atoms with Gasteiger partial charge in [0.15, 0.2) is 4.90 Å². The first-order valence-corrected chi connectivity index (χ1v) is 11.6. The molecule has 0 fully saturated rings. The number of halogens is 1. The van der Waals surface area contributed by atoms with Crippen molar-refractivity contribution < 1.29 is 23.7 Å². The summed E-state index contributed by atoms with van der Waals surface area (Å²) in [5.41, 5.74) is 0.841. The van der Waals surface area contributed by atoms with E-state index < -0.39 is 22.3 Å². The zero-order valence-electron chi connectivity index (χ0n) is 16.4. The molecule has 11 heteroatoms. The van der Waals surface area contributed by atoms with Crippen LogP contribution in [-0.4, -0.2) is 29.7 Å². The number of nitro groups is 1. The number of anilines is 1. The predicted molar refractivity (Wildman–Crippen MR) is 122 cm³/mol. The quantitative estimate of drug-likeness (QED) is 0.178. The van der Waals surface area contributed by atoms with Gasteiger partial charge in [-0.2, -0.15) is 4.31 Å². The maximum atomic E-state index is 13.5. The summed E-state index contributed by atoms with van der Waals surface area (Å²) in [5.74, 6) is 0.0550. The summed E-state index contributed by atoms with van der Waals surface area (Å²) >= 11 is 2.72. The number of esters is 1. The second-order valence-electron chi connectivity index (χ2n) is 6.10. The Labute approximate surface area is 194 Å². The molecule has 1 atom stereocenters. The molecule has 8 nitrogen and oxygen atoms in total. The molecule has 0 saturated heterocycles. The Hall–Kier alpha value is -2.60. The lowest BCUT2D eigenvalue weighted by Crippen LogP contribution is -2.31. The van der Waals surface area contributed by atoms with E-state index in [0.29, 0.717) is 21.9 Å². The molecule has 0 bridgehead atoms. The zero-order valence-corrected chi connectivity index (χ0v) is 19.7. The first-order chi connectivity index (χ1) is 14.9. The van der Waals surface area contributed by atoms with Gasteiger partial charge in [-0.15, -0.1) is 11.3 Å². The topological polar surface area (TPSA) is 105 Å². The molecule has 31 heavy (non-hydrogen) atoms. The average Bonchev–Trinajstić information content (AvgIpc) is 3.26. The second-order valence-corrected chi connectivity index (χ2v) is 9.21. The van der Waals surface area contributed by atoms with Crippen LogP contribution in [0, 0.1) is 10.1 Å². The van der Waals surface area contributed by atoms with E-state index in [9.17, 15) is 19.5 Å². The number of benzene rings is 2. The molecule has 0 radical (unpaired) electrons. The van der Waals surface area contributed by atoms with Gasteiger partial charge in [-0.1, -0.05) is 12.1 Å². The highest BCUT2D eigenvalue weighted by molar-refractivity contribution is 9.10. The van der Waals surface area contributed by atoms with Crippen molar-refractivity contribution in [3.63, 3.8) is 0 Å². The van der Waals surface area contributed by atoms with Crippen molar-refractivity contribution in [2.45, 2.75) is 11.4 Å². The number of nitro benzene ring substituents is 1. The lowest BCUT2D eigenvalue weighted by atomic mass is 10.2. The van der Waals surface area contributed by atoms with E-state index >= 15 is 0 Å². The Kier molecular flexibility index (Phi) is 7.55. The van der Waals surface area contributed by atoms with Crippen LogP contribution in [0.4, 0.5) is 11.4 Å². The number of nitrogens with zero attached hydrogens (tertiary/aromatic N) is 2. The van der Waals surface area contributed by atoms with E-state index in [2.05, 4.69) is 15.9 Å². The SMILES string of the molecule is COC(=O)c1sccc1N(Cc1cccc([N+](=O)[O-])c1Br)[S+]([O-])c1ccc(OC)cc1. The molecular weight excluding hydrogens is 508 g/mol. The molecule has 0 spiro atoms. The summed E-state index contributed by atoms with van der Waals surface area (Å²) in [4.78, 5) is 23.8. The van der Waals surface area contributed by atoms with Crippen LogP contribution in [0.1, 0.15) is 15.2 Å². The van der Waals surface area contributed by atoms with Crippen molar-refractivity contribution in [1.29, 1.82) is 0 Å². The van der Waals surface area contributed by atoms with Gasteiger partial charge in [0.1, 0.15) is 32.1 Å². The summed E-state index contributed by atoms with van der Waals surface area (Å²) < 4.78 is 25.3. The molecule has 0 aliphatic heterocycles. The van der Waals surface area contributed by atoms with E-state index in [1.54, 1.807) is 47.8 Å². The summed E-state index contributed by atoms with van der Waals surface area (Å²) in [6.07, 6.45) is 0. The molecule has 0 aliphatic rings. The van der Waals surface area contributed by atoms with Crippen LogP contribution < -0.4 is 9.04 Å². The number of methoxy groups -OCH3 is 2. The van der Waals surface area contributed by atoms with Gasteiger partial charge in [-0.25, -0.2) is 4.79 Å². The molecule has 1 unspecified atom stereocenters. The smallest absolute Gasteiger partial charge is 0.350 e. The van der Waals surface area contributed by atoms with E-state index in [1.165, 1.54) is 24.6 Å². The van der Waals surface area contributed by atoms with Crippen LogP contribution in [-0.2, 0) is 22.6 Å². The number of ether oxygens (including phenoxy) is 2. The molecule has 0 amide bonds. The summed E-state index contributed by atoms with van der Waals surface area (Å²) in [6, 6.07) is 13.0. The van der Waals surface area contributed by atoms with Crippen LogP contribution in [0.15, 0.2) is 63.3 Å². The highest BCUT2D eigenvalue weighted by Gasteiger charge is 2.30. The predicted octanol–water partition coefficient (Wildman–Crippen LogP) is 4.94. The highest BCUT2D eigenvalue weighted by Crippen LogP contribution is 2.36. The average molecular weight is 525 g/mol. The second kappa shape index (κ2) is 10.1. The third-order valence-electron chi connectivity index (χ3n) is 4.31. The molecule has 0 saturated carbocycles. The normalized spacial score (nSPS) is 11.6. The fourth-order valence-corrected chi connectivity index (χ4v) is 5.40. The van der Waals surface area contributed by atoms with E-state index in [-0.39, 0.29) is 21.6 Å². The molecule has 3 rings (SSSR count). The minimum Gasteiger partial charge on any atom is -0.588 e. The van der Waals surface area contributed by atoms with Gasteiger partial charge in [-0.3, -0.25) is 10.1 Å². The Morgan fingerprint density at radius 3 is 2.52 bits per heavy atom. The maximum absolute atomic E-state index is 13.5. The van der Waals surface area contributed by atoms with Crippen molar-refractivity contribution in [3.8, 4) is 5.75 Å². The fraction of sp³-hybridized carbons (Fsp3) is 0.150. The molecule has 1 aromatic heterocycles. The summed E-state index contributed by atoms with van der Waals surface area (Å²) in [6.45, 7) is 0.0433. The van der Waals surface area contributed by atoms with Crippen molar-refractivity contribution in [2.24, 2.45) is 0 Å². The number of carbonyl (C=O) groups excluding carboxylic acids is 1. The van der Waals surface area contributed by atoms with Crippen molar-refractivity contribution >= 4 is 56.0 Å². The first kappa shape index (κ1) is 23.1. The molecule has 0 aliphatic carbocycles. The molecule has 3 aromatic rings. The molecule has 0 N–H and O–H groups in total. The summed E-state index contributed by atoms with van der Waals surface area (Å²) in [7, 11) is 2.81. The van der Waals surface area contributed by atoms with Crippen molar-refractivity contribution in [2.75, 3.05) is 18.5 Å². The van der Waals surface area contributed by atoms with E-state index in [1.807, 2.05) is 0 Å². The van der Waals surface area contributed by atoms with Gasteiger partial charge >= 0.3 is 5.97 Å². The number of rotatable bonds is 8. The Balaban J connectivity index is 2.07. The third kappa shape index (κ3) is 5.01. The monoisotopic (exact) mass is 524 g/mol. The maximum Gasteiger partial charge on any atom is 0.350 e. The Morgan fingerprint density at radius 2 is 1.90 bits per heavy atom. The fourth-order valence-electron chi connectivity index (χ4n) is 2.78. The third-order valence-corrected chi connectivity index (χ3v) is 7.51. The number of hydrogen-bond donors (Lipinski definition) is 0.